The van der Waals surface area contributed by atoms with Crippen molar-refractivity contribution in [2.45, 2.75) is 25.3 Å². The van der Waals surface area contributed by atoms with Gasteiger partial charge in [0.05, 0.1) is 10.8 Å². The molecule has 1 saturated carbocycles. The third kappa shape index (κ3) is 3.14. The molecule has 5 nitrogen and oxygen atoms in total. The van der Waals surface area contributed by atoms with Crippen LogP contribution in [0.2, 0.25) is 0 Å². The first kappa shape index (κ1) is 14.2. The van der Waals surface area contributed by atoms with Gasteiger partial charge in [0.2, 0.25) is 0 Å². The van der Waals surface area contributed by atoms with Gasteiger partial charge in [0, 0.05) is 11.4 Å². The van der Waals surface area contributed by atoms with Crippen molar-refractivity contribution in [3.05, 3.63) is 28.6 Å². The second-order valence-corrected chi connectivity index (χ2v) is 6.84. The molecule has 2 heterocycles. The summed E-state index contributed by atoms with van der Waals surface area (Å²) in [6, 6.07) is 3.86. The molecule has 2 aromatic heterocycles. The summed E-state index contributed by atoms with van der Waals surface area (Å²) in [6.45, 7) is 0. The highest BCUT2D eigenvalue weighted by Crippen LogP contribution is 2.29. The molecule has 0 unspecified atom stereocenters. The van der Waals surface area contributed by atoms with Gasteiger partial charge in [-0.05, 0) is 30.7 Å². The molecule has 0 aromatic carbocycles. The molecular weight excluding hydrogens is 308 g/mol. The number of carboxylic acids is 1. The van der Waals surface area contributed by atoms with Crippen LogP contribution in [0.15, 0.2) is 22.9 Å². The van der Waals surface area contributed by atoms with Crippen LogP contribution in [-0.2, 0) is 4.79 Å². The molecule has 1 aliphatic carbocycles. The fraction of sp³-hybridized carbons (Fsp3) is 0.357. The van der Waals surface area contributed by atoms with Crippen LogP contribution < -0.4 is 5.32 Å². The molecule has 1 amide bonds. The number of carbonyl (C=O) groups is 2. The Bertz CT molecular complexity index is 651. The summed E-state index contributed by atoms with van der Waals surface area (Å²) in [6.07, 6.45) is 1.84. The van der Waals surface area contributed by atoms with E-state index in [2.05, 4.69) is 10.3 Å². The van der Waals surface area contributed by atoms with Crippen LogP contribution in [0.1, 0.15) is 29.8 Å². The first-order chi connectivity index (χ1) is 10.1. The Balaban J connectivity index is 1.63. The predicted octanol–water partition coefficient (Wildman–Crippen LogP) is 2.85. The monoisotopic (exact) mass is 322 g/mol. The average molecular weight is 322 g/mol. The number of nitrogens with one attached hydrogen (secondary N) is 1. The Morgan fingerprint density at radius 2 is 2.19 bits per heavy atom. The number of hydrogen-bond donors (Lipinski definition) is 2. The maximum absolute atomic E-state index is 12.1. The number of carbonyl (C=O) groups excluding carboxylic acids is 1. The number of thiophene rings is 1. The molecule has 0 saturated heterocycles. The molecule has 0 aliphatic heterocycles. The summed E-state index contributed by atoms with van der Waals surface area (Å²) < 4.78 is 0. The molecule has 0 bridgehead atoms. The lowest BCUT2D eigenvalue weighted by Crippen LogP contribution is -2.33. The van der Waals surface area contributed by atoms with E-state index in [1.165, 1.54) is 11.3 Å². The molecule has 110 valence electrons. The topological polar surface area (TPSA) is 79.3 Å². The van der Waals surface area contributed by atoms with E-state index in [1.54, 1.807) is 16.7 Å². The Morgan fingerprint density at radius 1 is 1.33 bits per heavy atom. The minimum Gasteiger partial charge on any atom is -0.481 e. The van der Waals surface area contributed by atoms with E-state index in [-0.39, 0.29) is 17.9 Å². The van der Waals surface area contributed by atoms with Crippen LogP contribution >= 0.6 is 22.7 Å². The van der Waals surface area contributed by atoms with Gasteiger partial charge in [-0.25, -0.2) is 4.98 Å². The van der Waals surface area contributed by atoms with Crippen molar-refractivity contribution >= 4 is 34.6 Å². The van der Waals surface area contributed by atoms with Gasteiger partial charge in [-0.3, -0.25) is 9.59 Å². The van der Waals surface area contributed by atoms with Crippen LogP contribution in [0.4, 0.5) is 0 Å². The Hall–Kier alpha value is -1.73. The molecule has 0 radical (unpaired) electrons. The van der Waals surface area contributed by atoms with E-state index in [1.807, 2.05) is 17.5 Å². The van der Waals surface area contributed by atoms with E-state index in [0.717, 1.165) is 9.88 Å². The van der Waals surface area contributed by atoms with Crippen LogP contribution in [0.25, 0.3) is 9.88 Å². The SMILES string of the molecule is O=C(N[C@H]1CC[C@@H](C(=O)O)C1)c1csc(-c2cccs2)n1. The number of thiazole rings is 1. The van der Waals surface area contributed by atoms with E-state index < -0.39 is 5.97 Å². The number of carboxylic acid groups (broad SMARTS) is 1. The summed E-state index contributed by atoms with van der Waals surface area (Å²) in [7, 11) is 0. The number of nitrogens with zero attached hydrogens (tertiary/aromatic N) is 1. The van der Waals surface area contributed by atoms with Gasteiger partial charge in [-0.15, -0.1) is 22.7 Å². The molecule has 7 heteroatoms. The van der Waals surface area contributed by atoms with Gasteiger partial charge in [-0.1, -0.05) is 6.07 Å². The number of amides is 1. The van der Waals surface area contributed by atoms with E-state index >= 15 is 0 Å². The Morgan fingerprint density at radius 3 is 2.86 bits per heavy atom. The molecule has 2 atom stereocenters. The van der Waals surface area contributed by atoms with Gasteiger partial charge in [0.25, 0.3) is 5.91 Å². The predicted molar refractivity (Wildman–Crippen MR) is 81.7 cm³/mol. The van der Waals surface area contributed by atoms with Gasteiger partial charge in [0.1, 0.15) is 10.7 Å². The zero-order valence-electron chi connectivity index (χ0n) is 11.1. The molecule has 1 aliphatic rings. The fourth-order valence-electron chi connectivity index (χ4n) is 2.49. The van der Waals surface area contributed by atoms with Crippen molar-refractivity contribution in [1.29, 1.82) is 0 Å². The molecule has 0 spiro atoms. The molecule has 3 rings (SSSR count). The zero-order chi connectivity index (χ0) is 14.8. The van der Waals surface area contributed by atoms with E-state index in [0.29, 0.717) is 25.0 Å². The van der Waals surface area contributed by atoms with Crippen molar-refractivity contribution in [3.63, 3.8) is 0 Å². The third-order valence-corrected chi connectivity index (χ3v) is 5.47. The highest BCUT2D eigenvalue weighted by Gasteiger charge is 2.31. The lowest BCUT2D eigenvalue weighted by atomic mass is 10.1. The standard InChI is InChI=1S/C14H14N2O3S2/c17-12(15-9-4-3-8(6-9)14(18)19)10-7-21-13(16-10)11-2-1-5-20-11/h1-2,5,7-9H,3-4,6H2,(H,15,17)(H,18,19)/t8-,9+/m1/s1. The van der Waals surface area contributed by atoms with Gasteiger partial charge in [-0.2, -0.15) is 0 Å². The van der Waals surface area contributed by atoms with E-state index in [4.69, 9.17) is 5.11 Å². The maximum Gasteiger partial charge on any atom is 0.306 e. The summed E-state index contributed by atoms with van der Waals surface area (Å²) in [5, 5.41) is 16.4. The second-order valence-electron chi connectivity index (χ2n) is 5.03. The smallest absolute Gasteiger partial charge is 0.306 e. The number of hydrogen-bond acceptors (Lipinski definition) is 5. The second kappa shape index (κ2) is 5.95. The summed E-state index contributed by atoms with van der Waals surface area (Å²) >= 11 is 3.03. The lowest BCUT2D eigenvalue weighted by Gasteiger charge is -2.10. The molecular formula is C14H14N2O3S2. The molecule has 21 heavy (non-hydrogen) atoms. The minimum absolute atomic E-state index is 0.0644. The molecule has 2 N–H and O–H groups in total. The summed E-state index contributed by atoms with van der Waals surface area (Å²) in [5.41, 5.74) is 0.405. The fourth-order valence-corrected chi connectivity index (χ4v) is 4.10. The summed E-state index contributed by atoms with van der Waals surface area (Å²) in [4.78, 5) is 28.5. The molecule has 2 aromatic rings. The van der Waals surface area contributed by atoms with E-state index in [9.17, 15) is 9.59 Å². The van der Waals surface area contributed by atoms with Crippen LogP contribution in [0.5, 0.6) is 0 Å². The largest absolute Gasteiger partial charge is 0.481 e. The first-order valence-corrected chi connectivity index (χ1v) is 8.42. The van der Waals surface area contributed by atoms with Gasteiger partial charge in [0.15, 0.2) is 0 Å². The number of aromatic nitrogens is 1. The van der Waals surface area contributed by atoms with Crippen molar-refractivity contribution in [1.82, 2.24) is 10.3 Å². The first-order valence-electron chi connectivity index (χ1n) is 6.66. The van der Waals surface area contributed by atoms with Gasteiger partial charge < -0.3 is 10.4 Å². The normalized spacial score (nSPS) is 21.3. The average Bonchev–Trinajstić information content (AvgIpc) is 3.19. The van der Waals surface area contributed by atoms with Crippen molar-refractivity contribution in [2.75, 3.05) is 0 Å². The summed E-state index contributed by atoms with van der Waals surface area (Å²) in [5.74, 6) is -1.34. The quantitative estimate of drug-likeness (QED) is 0.907. The van der Waals surface area contributed by atoms with Crippen LogP contribution in [-0.4, -0.2) is 28.0 Å². The highest BCUT2D eigenvalue weighted by atomic mass is 32.1. The zero-order valence-corrected chi connectivity index (χ0v) is 12.7. The minimum atomic E-state index is -0.777. The van der Waals surface area contributed by atoms with Crippen molar-refractivity contribution in [2.24, 2.45) is 5.92 Å². The van der Waals surface area contributed by atoms with Crippen molar-refractivity contribution < 1.29 is 14.7 Å². The Kier molecular flexibility index (Phi) is 4.03. The van der Waals surface area contributed by atoms with Crippen LogP contribution in [0, 0.1) is 5.92 Å². The maximum atomic E-state index is 12.1. The number of aliphatic carboxylic acids is 1. The lowest BCUT2D eigenvalue weighted by molar-refractivity contribution is -0.141. The number of rotatable bonds is 4. The van der Waals surface area contributed by atoms with Crippen molar-refractivity contribution in [3.8, 4) is 9.88 Å². The van der Waals surface area contributed by atoms with Crippen LogP contribution in [0.3, 0.4) is 0 Å². The highest BCUT2D eigenvalue weighted by molar-refractivity contribution is 7.20. The van der Waals surface area contributed by atoms with Gasteiger partial charge >= 0.3 is 5.97 Å². The Labute approximate surface area is 129 Å². The molecule has 1 fully saturated rings. The third-order valence-electron chi connectivity index (χ3n) is 3.59.